The number of piperazine rings is 1. The maximum Gasteiger partial charge on any atom is 0.279 e. The molecule has 0 bridgehead atoms. The Labute approximate surface area is 224 Å². The maximum atomic E-state index is 13.1. The van der Waals surface area contributed by atoms with E-state index in [1.165, 1.54) is 9.87 Å². The molecule has 3 aromatic carbocycles. The van der Waals surface area contributed by atoms with E-state index in [0.29, 0.717) is 32.6 Å². The van der Waals surface area contributed by atoms with Crippen LogP contribution in [0.3, 0.4) is 0 Å². The lowest BCUT2D eigenvalue weighted by atomic mass is 10.1. The number of nitrogens with one attached hydrogen (secondary N) is 2. The lowest BCUT2D eigenvalue weighted by Gasteiger charge is -2.35. The summed E-state index contributed by atoms with van der Waals surface area (Å²) in [5.74, 6) is 1.52. The van der Waals surface area contributed by atoms with Crippen LogP contribution in [0.2, 0.25) is 0 Å². The Kier molecular flexibility index (Phi) is 7.78. The summed E-state index contributed by atoms with van der Waals surface area (Å²) in [5, 5.41) is 0. The number of methoxy groups -OCH3 is 1. The van der Waals surface area contributed by atoms with E-state index in [-0.39, 0.29) is 6.54 Å². The number of benzene rings is 3. The quantitative estimate of drug-likeness (QED) is 0.337. The van der Waals surface area contributed by atoms with Crippen LogP contribution in [0.4, 0.5) is 5.69 Å². The van der Waals surface area contributed by atoms with Gasteiger partial charge in [-0.1, -0.05) is 48.0 Å². The Morgan fingerprint density at radius 1 is 0.895 bits per heavy atom. The summed E-state index contributed by atoms with van der Waals surface area (Å²) < 4.78 is 35.8. The summed E-state index contributed by atoms with van der Waals surface area (Å²) in [7, 11) is -1.96. The monoisotopic (exact) mass is 531 g/mol. The zero-order chi connectivity index (χ0) is 26.5. The van der Waals surface area contributed by atoms with Crippen LogP contribution in [-0.2, 0) is 16.6 Å². The minimum absolute atomic E-state index is 0.253. The molecule has 0 aliphatic carbocycles. The topological polar surface area (TPSA) is 90.6 Å². The van der Waals surface area contributed by atoms with E-state index in [9.17, 15) is 8.42 Å². The minimum atomic E-state index is -3.60. The Morgan fingerprint density at radius 2 is 1.58 bits per heavy atom. The molecular weight excluding hydrogens is 498 g/mol. The molecule has 1 fully saturated rings. The highest BCUT2D eigenvalue weighted by atomic mass is 32.2. The van der Waals surface area contributed by atoms with Crippen molar-refractivity contribution in [2.45, 2.75) is 13.3 Å². The zero-order valence-corrected chi connectivity index (χ0v) is 22.5. The summed E-state index contributed by atoms with van der Waals surface area (Å²) in [6, 6.07) is 26.0. The number of H-pyrrole nitrogens is 1. The van der Waals surface area contributed by atoms with Gasteiger partial charge in [-0.15, -0.1) is 0 Å². The van der Waals surface area contributed by atoms with E-state index in [1.54, 1.807) is 7.11 Å². The molecule has 1 aliphatic rings. The van der Waals surface area contributed by atoms with Gasteiger partial charge in [0.1, 0.15) is 11.6 Å². The molecular formula is C29H33N5O3S. The molecule has 38 heavy (non-hydrogen) atoms. The summed E-state index contributed by atoms with van der Waals surface area (Å²) in [5.41, 5.74) is 5.95. The molecule has 2 heterocycles. The molecule has 2 N–H and O–H groups in total. The molecule has 0 unspecified atom stereocenters. The van der Waals surface area contributed by atoms with Gasteiger partial charge in [-0.05, 0) is 43.3 Å². The van der Waals surface area contributed by atoms with Crippen LogP contribution in [-0.4, -0.2) is 62.5 Å². The highest BCUT2D eigenvalue weighted by Gasteiger charge is 2.27. The average molecular weight is 532 g/mol. The van der Waals surface area contributed by atoms with Crippen molar-refractivity contribution < 1.29 is 13.2 Å². The predicted octanol–water partition coefficient (Wildman–Crippen LogP) is 4.26. The average Bonchev–Trinajstić information content (AvgIpc) is 3.38. The lowest BCUT2D eigenvalue weighted by Crippen LogP contribution is -2.52. The number of aryl methyl sites for hydroxylation is 1. The van der Waals surface area contributed by atoms with Crippen LogP contribution >= 0.6 is 0 Å². The molecule has 9 heteroatoms. The molecule has 198 valence electrons. The SMILES string of the molecule is COc1ccc(-c2[nH]c(-c3ccccc3)nc2CCNS(=O)(=O)N2CCN(c3ccc(C)cc3)CC2)cc1. The van der Waals surface area contributed by atoms with Crippen molar-refractivity contribution in [3.63, 3.8) is 0 Å². The van der Waals surface area contributed by atoms with Gasteiger partial charge < -0.3 is 14.6 Å². The summed E-state index contributed by atoms with van der Waals surface area (Å²) in [6.45, 7) is 4.52. The normalized spacial score (nSPS) is 14.5. The summed E-state index contributed by atoms with van der Waals surface area (Å²) in [4.78, 5) is 10.5. The number of hydrogen-bond acceptors (Lipinski definition) is 5. The van der Waals surface area contributed by atoms with Gasteiger partial charge in [-0.25, -0.2) is 9.71 Å². The number of aromatic nitrogens is 2. The van der Waals surface area contributed by atoms with Crippen LogP contribution in [0.5, 0.6) is 5.75 Å². The van der Waals surface area contributed by atoms with Crippen molar-refractivity contribution in [2.75, 3.05) is 44.7 Å². The molecule has 0 radical (unpaired) electrons. The molecule has 0 atom stereocenters. The van der Waals surface area contributed by atoms with E-state index in [1.807, 2.05) is 54.6 Å². The van der Waals surface area contributed by atoms with E-state index < -0.39 is 10.2 Å². The first-order valence-electron chi connectivity index (χ1n) is 12.8. The number of rotatable bonds is 9. The van der Waals surface area contributed by atoms with E-state index in [0.717, 1.165) is 39.8 Å². The minimum Gasteiger partial charge on any atom is -0.497 e. The van der Waals surface area contributed by atoms with Crippen LogP contribution in [0.25, 0.3) is 22.6 Å². The van der Waals surface area contributed by atoms with Gasteiger partial charge in [-0.2, -0.15) is 12.7 Å². The van der Waals surface area contributed by atoms with Crippen LogP contribution in [0.1, 0.15) is 11.3 Å². The van der Waals surface area contributed by atoms with Crippen LogP contribution in [0.15, 0.2) is 78.9 Å². The van der Waals surface area contributed by atoms with Gasteiger partial charge in [0.2, 0.25) is 0 Å². The highest BCUT2D eigenvalue weighted by molar-refractivity contribution is 7.87. The third-order valence-corrected chi connectivity index (χ3v) is 8.44. The van der Waals surface area contributed by atoms with E-state index in [2.05, 4.69) is 45.8 Å². The highest BCUT2D eigenvalue weighted by Crippen LogP contribution is 2.28. The smallest absolute Gasteiger partial charge is 0.279 e. The fourth-order valence-electron chi connectivity index (χ4n) is 4.65. The molecule has 1 aromatic heterocycles. The predicted molar refractivity (Wildman–Crippen MR) is 152 cm³/mol. The first-order chi connectivity index (χ1) is 18.4. The maximum absolute atomic E-state index is 13.1. The van der Waals surface area contributed by atoms with Crippen molar-refractivity contribution in [3.05, 3.63) is 90.1 Å². The second-order valence-electron chi connectivity index (χ2n) is 9.37. The largest absolute Gasteiger partial charge is 0.497 e. The van der Waals surface area contributed by atoms with Crippen molar-refractivity contribution in [1.29, 1.82) is 0 Å². The number of anilines is 1. The van der Waals surface area contributed by atoms with Crippen LogP contribution in [0, 0.1) is 6.92 Å². The standard InChI is InChI=1S/C29H33N5O3S/c1-22-8-12-25(13-9-22)33-18-20-34(21-19-33)38(35,36)30-17-16-27-28(23-10-14-26(37-2)15-11-23)32-29(31-27)24-6-4-3-5-7-24/h3-15,30H,16-21H2,1-2H3,(H,31,32). The number of ether oxygens (including phenoxy) is 1. The third kappa shape index (κ3) is 5.91. The second-order valence-corrected chi connectivity index (χ2v) is 11.1. The van der Waals surface area contributed by atoms with Gasteiger partial charge in [0.25, 0.3) is 10.2 Å². The van der Waals surface area contributed by atoms with E-state index >= 15 is 0 Å². The molecule has 5 rings (SSSR count). The Bertz CT molecular complexity index is 1440. The van der Waals surface area contributed by atoms with Crippen molar-refractivity contribution in [3.8, 4) is 28.4 Å². The third-order valence-electron chi connectivity index (χ3n) is 6.83. The van der Waals surface area contributed by atoms with Crippen LogP contribution < -0.4 is 14.4 Å². The molecule has 0 spiro atoms. The zero-order valence-electron chi connectivity index (χ0n) is 21.7. The first kappa shape index (κ1) is 26.0. The molecule has 0 saturated carbocycles. The molecule has 1 aliphatic heterocycles. The number of aromatic amines is 1. The number of hydrogen-bond donors (Lipinski definition) is 2. The van der Waals surface area contributed by atoms with Gasteiger partial charge in [0.05, 0.1) is 18.5 Å². The molecule has 8 nitrogen and oxygen atoms in total. The fraction of sp³-hybridized carbons (Fsp3) is 0.276. The second kappa shape index (κ2) is 11.4. The lowest BCUT2D eigenvalue weighted by molar-refractivity contribution is 0.378. The van der Waals surface area contributed by atoms with E-state index in [4.69, 9.17) is 9.72 Å². The number of nitrogens with zero attached hydrogens (tertiary/aromatic N) is 3. The van der Waals surface area contributed by atoms with Gasteiger partial charge in [0.15, 0.2) is 0 Å². The number of imidazole rings is 1. The summed E-state index contributed by atoms with van der Waals surface area (Å²) >= 11 is 0. The Hall–Kier alpha value is -3.66. The van der Waals surface area contributed by atoms with Crippen molar-refractivity contribution >= 4 is 15.9 Å². The fourth-order valence-corrected chi connectivity index (χ4v) is 5.84. The molecule has 1 saturated heterocycles. The summed E-state index contributed by atoms with van der Waals surface area (Å²) in [6.07, 6.45) is 0.452. The molecule has 4 aromatic rings. The van der Waals surface area contributed by atoms with Crippen molar-refractivity contribution in [1.82, 2.24) is 19.0 Å². The van der Waals surface area contributed by atoms with Gasteiger partial charge >= 0.3 is 0 Å². The first-order valence-corrected chi connectivity index (χ1v) is 14.2. The molecule has 0 amide bonds. The Balaban J connectivity index is 1.26. The van der Waals surface area contributed by atoms with Crippen molar-refractivity contribution in [2.24, 2.45) is 0 Å². The van der Waals surface area contributed by atoms with Gasteiger partial charge in [-0.3, -0.25) is 0 Å². The Morgan fingerprint density at radius 3 is 2.24 bits per heavy atom. The van der Waals surface area contributed by atoms with Gasteiger partial charge in [0, 0.05) is 56.0 Å².